The Balaban J connectivity index is 1.89. The summed E-state index contributed by atoms with van der Waals surface area (Å²) in [6.45, 7) is 1.27. The standard InChI is InChI=1S/C13H13F2N3O2S/c1-16-12(19)9-6-18(2-3-20-9)13-17-11-8(15)4-7(14)5-10(11)21-13/h4-5,9H,2-3,6H2,1H3,(H,16,19). The second-order valence-electron chi connectivity index (χ2n) is 4.65. The van der Waals surface area contributed by atoms with Crippen molar-refractivity contribution in [2.24, 2.45) is 0 Å². The van der Waals surface area contributed by atoms with Crippen molar-refractivity contribution in [1.82, 2.24) is 10.3 Å². The van der Waals surface area contributed by atoms with Crippen molar-refractivity contribution < 1.29 is 18.3 Å². The summed E-state index contributed by atoms with van der Waals surface area (Å²) in [6, 6.07) is 2.08. The van der Waals surface area contributed by atoms with Crippen molar-refractivity contribution >= 4 is 32.6 Å². The van der Waals surface area contributed by atoms with E-state index in [1.165, 1.54) is 17.4 Å². The van der Waals surface area contributed by atoms with Crippen molar-refractivity contribution in [3.8, 4) is 0 Å². The van der Waals surface area contributed by atoms with Gasteiger partial charge in [-0.2, -0.15) is 0 Å². The van der Waals surface area contributed by atoms with Crippen LogP contribution in [0.4, 0.5) is 13.9 Å². The Bertz CT molecular complexity index is 691. The lowest BCUT2D eigenvalue weighted by Gasteiger charge is -2.31. The first-order chi connectivity index (χ1) is 10.1. The molecule has 3 rings (SSSR count). The quantitative estimate of drug-likeness (QED) is 0.913. The minimum absolute atomic E-state index is 0.152. The Hall–Kier alpha value is -1.80. The van der Waals surface area contributed by atoms with E-state index in [0.29, 0.717) is 29.5 Å². The first kappa shape index (κ1) is 14.2. The number of fused-ring (bicyclic) bond motifs is 1. The number of halogens is 2. The molecule has 0 aliphatic carbocycles. The second kappa shape index (κ2) is 5.53. The number of ether oxygens (including phenoxy) is 1. The highest BCUT2D eigenvalue weighted by Crippen LogP contribution is 2.31. The van der Waals surface area contributed by atoms with Gasteiger partial charge in [-0.3, -0.25) is 4.79 Å². The second-order valence-corrected chi connectivity index (χ2v) is 5.66. The van der Waals surface area contributed by atoms with Crippen molar-refractivity contribution in [3.63, 3.8) is 0 Å². The van der Waals surface area contributed by atoms with Crippen LogP contribution < -0.4 is 10.2 Å². The number of nitrogens with one attached hydrogen (secondary N) is 1. The molecule has 1 aromatic carbocycles. The summed E-state index contributed by atoms with van der Waals surface area (Å²) < 4.78 is 32.7. The Morgan fingerprint density at radius 3 is 3.10 bits per heavy atom. The highest BCUT2D eigenvalue weighted by atomic mass is 32.1. The summed E-state index contributed by atoms with van der Waals surface area (Å²) in [5.74, 6) is -1.51. The van der Waals surface area contributed by atoms with Crippen LogP contribution in [0.3, 0.4) is 0 Å². The molecule has 0 radical (unpaired) electrons. The summed E-state index contributed by atoms with van der Waals surface area (Å²) in [5, 5.41) is 3.09. The Morgan fingerprint density at radius 2 is 2.33 bits per heavy atom. The number of likely N-dealkylation sites (N-methyl/N-ethyl adjacent to an activating group) is 1. The van der Waals surface area contributed by atoms with Gasteiger partial charge in [-0.05, 0) is 6.07 Å². The normalized spacial score (nSPS) is 19.0. The third-order valence-corrected chi connectivity index (χ3v) is 4.34. The van der Waals surface area contributed by atoms with E-state index in [1.54, 1.807) is 7.05 Å². The van der Waals surface area contributed by atoms with Crippen LogP contribution in [0.2, 0.25) is 0 Å². The molecule has 0 spiro atoms. The molecule has 8 heteroatoms. The number of nitrogens with zero attached hydrogens (tertiary/aromatic N) is 2. The van der Waals surface area contributed by atoms with Gasteiger partial charge in [-0.25, -0.2) is 13.8 Å². The monoisotopic (exact) mass is 313 g/mol. The van der Waals surface area contributed by atoms with Crippen LogP contribution in [-0.4, -0.2) is 43.7 Å². The maximum atomic E-state index is 13.7. The van der Waals surface area contributed by atoms with E-state index >= 15 is 0 Å². The largest absolute Gasteiger partial charge is 0.365 e. The first-order valence-corrected chi connectivity index (χ1v) is 7.24. The third kappa shape index (κ3) is 2.68. The van der Waals surface area contributed by atoms with Crippen LogP contribution in [0.5, 0.6) is 0 Å². The molecular formula is C13H13F2N3O2S. The minimum atomic E-state index is -0.677. The van der Waals surface area contributed by atoms with Crippen molar-refractivity contribution in [2.75, 3.05) is 31.6 Å². The van der Waals surface area contributed by atoms with Crippen LogP contribution in [0.15, 0.2) is 12.1 Å². The van der Waals surface area contributed by atoms with E-state index in [1.807, 2.05) is 4.90 Å². The number of anilines is 1. The zero-order valence-electron chi connectivity index (χ0n) is 11.2. The average Bonchev–Trinajstić information content (AvgIpc) is 2.91. The van der Waals surface area contributed by atoms with Gasteiger partial charge in [-0.15, -0.1) is 0 Å². The number of rotatable bonds is 2. The van der Waals surface area contributed by atoms with Crippen LogP contribution in [0.25, 0.3) is 10.2 Å². The maximum absolute atomic E-state index is 13.7. The Kier molecular flexibility index (Phi) is 3.73. The molecule has 112 valence electrons. The van der Waals surface area contributed by atoms with Crippen LogP contribution in [-0.2, 0) is 9.53 Å². The van der Waals surface area contributed by atoms with Gasteiger partial charge in [0.05, 0.1) is 17.9 Å². The summed E-state index contributed by atoms with van der Waals surface area (Å²) in [7, 11) is 1.54. The molecule has 0 bridgehead atoms. The number of aromatic nitrogens is 1. The molecule has 1 aromatic heterocycles. The van der Waals surface area contributed by atoms with E-state index in [9.17, 15) is 13.6 Å². The van der Waals surface area contributed by atoms with Crippen molar-refractivity contribution in [1.29, 1.82) is 0 Å². The van der Waals surface area contributed by atoms with E-state index in [4.69, 9.17) is 4.74 Å². The predicted molar refractivity (Wildman–Crippen MR) is 75.6 cm³/mol. The van der Waals surface area contributed by atoms with Gasteiger partial charge in [0.15, 0.2) is 17.1 Å². The number of thiazole rings is 1. The number of morpholine rings is 1. The number of amides is 1. The lowest BCUT2D eigenvalue weighted by Crippen LogP contribution is -2.49. The smallest absolute Gasteiger partial charge is 0.250 e. The molecular weight excluding hydrogens is 300 g/mol. The molecule has 1 atom stereocenters. The fraction of sp³-hybridized carbons (Fsp3) is 0.385. The van der Waals surface area contributed by atoms with Gasteiger partial charge in [0.2, 0.25) is 0 Å². The highest BCUT2D eigenvalue weighted by molar-refractivity contribution is 7.22. The van der Waals surface area contributed by atoms with Gasteiger partial charge in [0.25, 0.3) is 5.91 Å². The van der Waals surface area contributed by atoms with E-state index < -0.39 is 17.7 Å². The lowest BCUT2D eigenvalue weighted by atomic mass is 10.2. The molecule has 5 nitrogen and oxygen atoms in total. The van der Waals surface area contributed by atoms with Gasteiger partial charge in [0, 0.05) is 19.7 Å². The fourth-order valence-corrected chi connectivity index (χ4v) is 3.26. The number of hydrogen-bond acceptors (Lipinski definition) is 5. The SMILES string of the molecule is CNC(=O)C1CN(c2nc3c(F)cc(F)cc3s2)CCO1. The molecule has 1 N–H and O–H groups in total. The molecule has 1 aliphatic rings. The highest BCUT2D eigenvalue weighted by Gasteiger charge is 2.27. The van der Waals surface area contributed by atoms with Crippen molar-refractivity contribution in [2.45, 2.75) is 6.10 Å². The molecule has 1 amide bonds. The third-order valence-electron chi connectivity index (χ3n) is 3.28. The van der Waals surface area contributed by atoms with Gasteiger partial charge in [0.1, 0.15) is 11.3 Å². The van der Waals surface area contributed by atoms with Gasteiger partial charge >= 0.3 is 0 Å². The average molecular weight is 313 g/mol. The van der Waals surface area contributed by atoms with Crippen LogP contribution in [0.1, 0.15) is 0 Å². The first-order valence-electron chi connectivity index (χ1n) is 6.42. The zero-order valence-corrected chi connectivity index (χ0v) is 12.0. The van der Waals surface area contributed by atoms with E-state index in [0.717, 1.165) is 6.07 Å². The molecule has 21 heavy (non-hydrogen) atoms. The van der Waals surface area contributed by atoms with Gasteiger partial charge < -0.3 is 15.0 Å². The van der Waals surface area contributed by atoms with E-state index in [-0.39, 0.29) is 11.4 Å². The fourth-order valence-electron chi connectivity index (χ4n) is 2.22. The summed E-state index contributed by atoms with van der Waals surface area (Å²) in [6.07, 6.45) is -0.586. The summed E-state index contributed by atoms with van der Waals surface area (Å²) >= 11 is 1.20. The molecule has 0 saturated carbocycles. The topological polar surface area (TPSA) is 54.5 Å². The Labute approximate surface area is 123 Å². The molecule has 1 aliphatic heterocycles. The van der Waals surface area contributed by atoms with Gasteiger partial charge in [-0.1, -0.05) is 11.3 Å². The van der Waals surface area contributed by atoms with Crippen LogP contribution in [0, 0.1) is 11.6 Å². The molecule has 1 saturated heterocycles. The molecule has 1 unspecified atom stereocenters. The van der Waals surface area contributed by atoms with Crippen molar-refractivity contribution in [3.05, 3.63) is 23.8 Å². The molecule has 2 aromatic rings. The number of hydrogen-bond donors (Lipinski definition) is 1. The lowest BCUT2D eigenvalue weighted by molar-refractivity contribution is -0.132. The number of carbonyl (C=O) groups is 1. The predicted octanol–water partition coefficient (Wildman–Crippen LogP) is 1.53. The summed E-state index contributed by atoms with van der Waals surface area (Å²) in [5.41, 5.74) is 0.152. The maximum Gasteiger partial charge on any atom is 0.250 e. The molecule has 1 fully saturated rings. The summed E-state index contributed by atoms with van der Waals surface area (Å²) in [4.78, 5) is 17.7. The Morgan fingerprint density at radius 1 is 1.52 bits per heavy atom. The number of carbonyl (C=O) groups excluding carboxylic acids is 1. The zero-order chi connectivity index (χ0) is 15.0. The minimum Gasteiger partial charge on any atom is -0.365 e. The van der Waals surface area contributed by atoms with E-state index in [2.05, 4.69) is 10.3 Å². The number of benzene rings is 1. The molecule has 2 heterocycles. The van der Waals surface area contributed by atoms with Crippen LogP contribution >= 0.6 is 11.3 Å².